The molecule has 0 aliphatic heterocycles. The van der Waals surface area contributed by atoms with Crippen LogP contribution in [0.2, 0.25) is 0 Å². The number of phenols is 1. The van der Waals surface area contributed by atoms with E-state index in [0.29, 0.717) is 0 Å². The Hall–Kier alpha value is -1.39. The Morgan fingerprint density at radius 3 is 2.43 bits per heavy atom. The number of hydrogen-bond acceptors (Lipinski definition) is 2. The smallest absolute Gasteiger partial charge is 0.393 e. The molecule has 14 heavy (non-hydrogen) atoms. The number of aromatic hydroxyl groups is 1. The highest BCUT2D eigenvalue weighted by Gasteiger charge is 2.27. The van der Waals surface area contributed by atoms with Crippen LogP contribution in [0.15, 0.2) is 18.2 Å². The molecule has 0 fully saturated rings. The van der Waals surface area contributed by atoms with E-state index in [1.807, 2.05) is 0 Å². The predicted molar refractivity (Wildman–Crippen MR) is 44.4 cm³/mol. The molecular formula is C9H9F3O2. The fourth-order valence-electron chi connectivity index (χ4n) is 1.08. The van der Waals surface area contributed by atoms with Gasteiger partial charge in [0.2, 0.25) is 0 Å². The number of alkyl halides is 3. The minimum atomic E-state index is -4.26. The Bertz CT molecular complexity index is 320. The van der Waals surface area contributed by atoms with E-state index in [4.69, 9.17) is 4.74 Å². The minimum Gasteiger partial charge on any atom is -0.504 e. The van der Waals surface area contributed by atoms with Gasteiger partial charge in [0.15, 0.2) is 11.5 Å². The van der Waals surface area contributed by atoms with Crippen LogP contribution in [0.25, 0.3) is 0 Å². The number of benzene rings is 1. The minimum absolute atomic E-state index is 0.0100. The van der Waals surface area contributed by atoms with Crippen molar-refractivity contribution < 1.29 is 23.0 Å². The topological polar surface area (TPSA) is 29.5 Å². The van der Waals surface area contributed by atoms with Crippen LogP contribution >= 0.6 is 0 Å². The van der Waals surface area contributed by atoms with E-state index in [9.17, 15) is 18.3 Å². The van der Waals surface area contributed by atoms with Crippen LogP contribution in [0, 0.1) is 0 Å². The van der Waals surface area contributed by atoms with Crippen molar-refractivity contribution >= 4 is 0 Å². The molecule has 2 nitrogen and oxygen atoms in total. The van der Waals surface area contributed by atoms with Gasteiger partial charge in [0.25, 0.3) is 0 Å². The number of methoxy groups -OCH3 is 1. The summed E-state index contributed by atoms with van der Waals surface area (Å²) in [6.07, 6.45) is -5.31. The van der Waals surface area contributed by atoms with Crippen molar-refractivity contribution in [3.63, 3.8) is 0 Å². The van der Waals surface area contributed by atoms with Crippen LogP contribution in [-0.2, 0) is 6.42 Å². The molecule has 1 N–H and O–H groups in total. The van der Waals surface area contributed by atoms with Crippen molar-refractivity contribution in [2.45, 2.75) is 12.6 Å². The summed E-state index contributed by atoms with van der Waals surface area (Å²) < 4.78 is 40.5. The third-order valence-electron chi connectivity index (χ3n) is 1.65. The van der Waals surface area contributed by atoms with E-state index < -0.39 is 12.6 Å². The molecule has 0 spiro atoms. The van der Waals surface area contributed by atoms with Crippen molar-refractivity contribution in [1.29, 1.82) is 0 Å². The molecule has 1 aromatic rings. The van der Waals surface area contributed by atoms with E-state index in [-0.39, 0.29) is 17.1 Å². The van der Waals surface area contributed by atoms with Gasteiger partial charge in [-0.15, -0.1) is 0 Å². The molecule has 0 amide bonds. The van der Waals surface area contributed by atoms with Gasteiger partial charge in [0.05, 0.1) is 13.5 Å². The molecule has 0 aromatic heterocycles. The first-order valence-corrected chi connectivity index (χ1v) is 3.85. The zero-order valence-electron chi connectivity index (χ0n) is 7.43. The Kier molecular flexibility index (Phi) is 2.88. The maximum Gasteiger partial charge on any atom is 0.393 e. The van der Waals surface area contributed by atoms with E-state index in [1.54, 1.807) is 0 Å². The molecule has 0 aliphatic carbocycles. The lowest BCUT2D eigenvalue weighted by molar-refractivity contribution is -0.127. The van der Waals surface area contributed by atoms with Gasteiger partial charge in [-0.05, 0) is 17.7 Å². The van der Waals surface area contributed by atoms with Crippen LogP contribution < -0.4 is 4.74 Å². The Labute approximate surface area is 78.9 Å². The number of rotatable bonds is 2. The Balaban J connectivity index is 2.87. The first-order valence-electron chi connectivity index (χ1n) is 3.85. The van der Waals surface area contributed by atoms with Crippen LogP contribution in [0.1, 0.15) is 5.56 Å². The summed E-state index contributed by atoms with van der Waals surface area (Å²) >= 11 is 0. The van der Waals surface area contributed by atoms with Gasteiger partial charge in [-0.3, -0.25) is 0 Å². The summed E-state index contributed by atoms with van der Waals surface area (Å²) in [6, 6.07) is 3.62. The predicted octanol–water partition coefficient (Wildman–Crippen LogP) is 2.51. The third kappa shape index (κ3) is 2.83. The zero-order chi connectivity index (χ0) is 10.8. The molecule has 78 valence electrons. The van der Waals surface area contributed by atoms with Gasteiger partial charge in [0, 0.05) is 0 Å². The molecule has 1 aromatic carbocycles. The normalized spacial score (nSPS) is 11.4. The summed E-state index contributed by atoms with van der Waals surface area (Å²) in [6.45, 7) is 0. The zero-order valence-corrected chi connectivity index (χ0v) is 7.43. The second-order valence-corrected chi connectivity index (χ2v) is 2.80. The van der Waals surface area contributed by atoms with Crippen LogP contribution in [0.3, 0.4) is 0 Å². The molecular weight excluding hydrogens is 197 g/mol. The SMILES string of the molecule is COc1ccc(CC(F)(F)F)cc1O. The van der Waals surface area contributed by atoms with Crippen molar-refractivity contribution in [1.82, 2.24) is 0 Å². The molecule has 0 heterocycles. The van der Waals surface area contributed by atoms with Gasteiger partial charge in [-0.25, -0.2) is 0 Å². The summed E-state index contributed by atoms with van der Waals surface area (Å²) in [5.74, 6) is -0.120. The molecule has 0 atom stereocenters. The van der Waals surface area contributed by atoms with Gasteiger partial charge >= 0.3 is 6.18 Å². The molecule has 0 saturated heterocycles. The summed E-state index contributed by atoms with van der Waals surface area (Å²) in [5.41, 5.74) is 0.0100. The van der Waals surface area contributed by atoms with Gasteiger partial charge < -0.3 is 9.84 Å². The fourth-order valence-corrected chi connectivity index (χ4v) is 1.08. The second-order valence-electron chi connectivity index (χ2n) is 2.80. The largest absolute Gasteiger partial charge is 0.504 e. The standard InChI is InChI=1S/C9H9F3O2/c1-14-8-3-2-6(4-7(8)13)5-9(10,11)12/h2-4,13H,5H2,1H3. The average Bonchev–Trinajstić information content (AvgIpc) is 2.01. The highest BCUT2D eigenvalue weighted by atomic mass is 19.4. The molecule has 0 bridgehead atoms. The molecule has 1 rings (SSSR count). The van der Waals surface area contributed by atoms with Crippen molar-refractivity contribution in [2.75, 3.05) is 7.11 Å². The molecule has 5 heteroatoms. The first kappa shape index (κ1) is 10.7. The number of halogens is 3. The van der Waals surface area contributed by atoms with E-state index in [2.05, 4.69) is 0 Å². The molecule has 0 radical (unpaired) electrons. The highest BCUT2D eigenvalue weighted by Crippen LogP contribution is 2.29. The summed E-state index contributed by atoms with van der Waals surface area (Å²) in [5, 5.41) is 9.20. The fraction of sp³-hybridized carbons (Fsp3) is 0.333. The number of hydrogen-bond donors (Lipinski definition) is 1. The first-order chi connectivity index (χ1) is 6.42. The maximum absolute atomic E-state index is 11.9. The molecule has 0 saturated carbocycles. The van der Waals surface area contributed by atoms with Gasteiger partial charge in [-0.1, -0.05) is 6.07 Å². The number of ether oxygens (including phenoxy) is 1. The second kappa shape index (κ2) is 3.77. The van der Waals surface area contributed by atoms with E-state index in [1.165, 1.54) is 19.2 Å². The molecule has 0 aliphatic rings. The Morgan fingerprint density at radius 1 is 1.36 bits per heavy atom. The van der Waals surface area contributed by atoms with Gasteiger partial charge in [0.1, 0.15) is 0 Å². The van der Waals surface area contributed by atoms with Gasteiger partial charge in [-0.2, -0.15) is 13.2 Å². The highest BCUT2D eigenvalue weighted by molar-refractivity contribution is 5.41. The van der Waals surface area contributed by atoms with Crippen molar-refractivity contribution in [2.24, 2.45) is 0 Å². The summed E-state index contributed by atoms with van der Waals surface area (Å²) in [7, 11) is 1.33. The van der Waals surface area contributed by atoms with Crippen molar-refractivity contribution in [3.8, 4) is 11.5 Å². The lowest BCUT2D eigenvalue weighted by atomic mass is 10.1. The Morgan fingerprint density at radius 2 is 2.00 bits per heavy atom. The molecule has 0 unspecified atom stereocenters. The quantitative estimate of drug-likeness (QED) is 0.805. The van der Waals surface area contributed by atoms with Crippen LogP contribution in [-0.4, -0.2) is 18.4 Å². The lowest BCUT2D eigenvalue weighted by Gasteiger charge is -2.08. The van der Waals surface area contributed by atoms with Crippen molar-refractivity contribution in [3.05, 3.63) is 23.8 Å². The van der Waals surface area contributed by atoms with Crippen LogP contribution in [0.5, 0.6) is 11.5 Å². The average molecular weight is 206 g/mol. The van der Waals surface area contributed by atoms with E-state index in [0.717, 1.165) is 6.07 Å². The van der Waals surface area contributed by atoms with E-state index >= 15 is 0 Å². The monoisotopic (exact) mass is 206 g/mol. The van der Waals surface area contributed by atoms with Crippen LogP contribution in [0.4, 0.5) is 13.2 Å². The summed E-state index contributed by atoms with van der Waals surface area (Å²) in [4.78, 5) is 0. The third-order valence-corrected chi connectivity index (χ3v) is 1.65. The lowest BCUT2D eigenvalue weighted by Crippen LogP contribution is -2.11. The maximum atomic E-state index is 11.9. The number of phenolic OH excluding ortho intramolecular Hbond substituents is 1.